The van der Waals surface area contributed by atoms with Crippen LogP contribution in [0.25, 0.3) is 0 Å². The number of carbonyl (C=O) groups excluding carboxylic acids is 1. The summed E-state index contributed by atoms with van der Waals surface area (Å²) in [7, 11) is 0. The molecule has 1 amide bonds. The lowest BCUT2D eigenvalue weighted by Gasteiger charge is -2.23. The van der Waals surface area contributed by atoms with Gasteiger partial charge in [-0.2, -0.15) is 0 Å². The molecule has 0 bridgehead atoms. The van der Waals surface area contributed by atoms with Crippen molar-refractivity contribution < 1.29 is 4.79 Å². The van der Waals surface area contributed by atoms with Crippen LogP contribution in [0.15, 0.2) is 66.3 Å². The van der Waals surface area contributed by atoms with Gasteiger partial charge in [-0.25, -0.2) is 0 Å². The normalized spacial score (nSPS) is 13.8. The van der Waals surface area contributed by atoms with E-state index in [0.29, 0.717) is 13.0 Å². The Morgan fingerprint density at radius 3 is 2.74 bits per heavy atom. The molecule has 1 aliphatic carbocycles. The van der Waals surface area contributed by atoms with Gasteiger partial charge in [0, 0.05) is 12.1 Å². The fourth-order valence-corrected chi connectivity index (χ4v) is 2.03. The zero-order valence-electron chi connectivity index (χ0n) is 11.3. The molecule has 1 aromatic rings. The van der Waals surface area contributed by atoms with Gasteiger partial charge in [-0.3, -0.25) is 4.79 Å². The number of nitrogens with zero attached hydrogens (tertiary/aromatic N) is 1. The van der Waals surface area contributed by atoms with Gasteiger partial charge in [-0.1, -0.05) is 55.5 Å². The number of rotatable bonds is 4. The van der Waals surface area contributed by atoms with Gasteiger partial charge in [-0.05, 0) is 24.1 Å². The molecule has 0 saturated heterocycles. The zero-order chi connectivity index (χ0) is 13.5. The lowest BCUT2D eigenvalue weighted by molar-refractivity contribution is -0.118. The Bertz CT molecular complexity index is 511. The highest BCUT2D eigenvalue weighted by molar-refractivity contribution is 5.93. The average Bonchev–Trinajstić information content (AvgIpc) is 2.73. The van der Waals surface area contributed by atoms with E-state index in [1.54, 1.807) is 0 Å². The number of anilines is 1. The van der Waals surface area contributed by atoms with E-state index in [1.807, 2.05) is 42.2 Å². The van der Waals surface area contributed by atoms with Crippen LogP contribution in [-0.2, 0) is 4.79 Å². The van der Waals surface area contributed by atoms with E-state index in [9.17, 15) is 4.79 Å². The summed E-state index contributed by atoms with van der Waals surface area (Å²) < 4.78 is 0. The molecule has 19 heavy (non-hydrogen) atoms. The first-order valence-electron chi connectivity index (χ1n) is 6.69. The number of benzene rings is 1. The fraction of sp³-hybridized carbons (Fsp3) is 0.235. The predicted octanol–water partition coefficient (Wildman–Crippen LogP) is 3.87. The van der Waals surface area contributed by atoms with Gasteiger partial charge < -0.3 is 4.90 Å². The largest absolute Gasteiger partial charge is 0.308 e. The van der Waals surface area contributed by atoms with Crippen molar-refractivity contribution in [1.82, 2.24) is 0 Å². The minimum absolute atomic E-state index is 0.147. The van der Waals surface area contributed by atoms with Crippen LogP contribution in [0.3, 0.4) is 0 Å². The Kier molecular flexibility index (Phi) is 4.73. The zero-order valence-corrected chi connectivity index (χ0v) is 11.3. The van der Waals surface area contributed by atoms with E-state index in [-0.39, 0.29) is 5.91 Å². The van der Waals surface area contributed by atoms with Gasteiger partial charge in [0.15, 0.2) is 0 Å². The molecule has 2 nitrogen and oxygen atoms in total. The van der Waals surface area contributed by atoms with Crippen LogP contribution in [0.1, 0.15) is 19.8 Å². The Hall–Kier alpha value is -2.09. The first-order valence-corrected chi connectivity index (χ1v) is 6.69. The van der Waals surface area contributed by atoms with Gasteiger partial charge in [0.25, 0.3) is 0 Å². The second-order valence-electron chi connectivity index (χ2n) is 4.48. The summed E-state index contributed by atoms with van der Waals surface area (Å²) in [5.74, 6) is 0.147. The van der Waals surface area contributed by atoms with Gasteiger partial charge in [0.05, 0.1) is 6.54 Å². The SMILES string of the molecule is CCC(=O)N(CC1=CC=CCC=C1)c1ccccc1. The molecule has 0 spiro atoms. The molecule has 2 heteroatoms. The van der Waals surface area contributed by atoms with Crippen molar-refractivity contribution in [1.29, 1.82) is 0 Å². The molecule has 2 rings (SSSR count). The molecule has 0 fully saturated rings. The summed E-state index contributed by atoms with van der Waals surface area (Å²) >= 11 is 0. The first-order chi connectivity index (χ1) is 9.31. The molecule has 1 aromatic carbocycles. The third kappa shape index (κ3) is 3.68. The quantitative estimate of drug-likeness (QED) is 0.797. The Morgan fingerprint density at radius 2 is 2.00 bits per heavy atom. The molecule has 98 valence electrons. The van der Waals surface area contributed by atoms with Crippen molar-refractivity contribution in [3.8, 4) is 0 Å². The van der Waals surface area contributed by atoms with Crippen LogP contribution in [0.4, 0.5) is 5.69 Å². The van der Waals surface area contributed by atoms with Crippen molar-refractivity contribution in [2.45, 2.75) is 19.8 Å². The highest BCUT2D eigenvalue weighted by atomic mass is 16.2. The maximum Gasteiger partial charge on any atom is 0.227 e. The Labute approximate surface area is 114 Å². The predicted molar refractivity (Wildman–Crippen MR) is 80.1 cm³/mol. The third-order valence-electron chi connectivity index (χ3n) is 3.06. The number of carbonyl (C=O) groups is 1. The van der Waals surface area contributed by atoms with Crippen molar-refractivity contribution >= 4 is 11.6 Å². The van der Waals surface area contributed by atoms with Crippen LogP contribution in [-0.4, -0.2) is 12.5 Å². The summed E-state index contributed by atoms with van der Waals surface area (Å²) in [6, 6.07) is 9.84. The highest BCUT2D eigenvalue weighted by Gasteiger charge is 2.14. The molecule has 0 aromatic heterocycles. The maximum absolute atomic E-state index is 12.1. The number of hydrogen-bond donors (Lipinski definition) is 0. The van der Waals surface area contributed by atoms with Crippen molar-refractivity contribution in [2.75, 3.05) is 11.4 Å². The molecule has 0 atom stereocenters. The van der Waals surface area contributed by atoms with E-state index in [4.69, 9.17) is 0 Å². The minimum atomic E-state index is 0.147. The molecule has 0 heterocycles. The van der Waals surface area contributed by atoms with Crippen LogP contribution in [0, 0.1) is 0 Å². The molecule has 0 unspecified atom stereocenters. The molecule has 0 N–H and O–H groups in total. The maximum atomic E-state index is 12.1. The Balaban J connectivity index is 2.22. The minimum Gasteiger partial charge on any atom is -0.308 e. The number of hydrogen-bond acceptors (Lipinski definition) is 1. The summed E-state index contributed by atoms with van der Waals surface area (Å²) in [6.45, 7) is 2.52. The van der Waals surface area contributed by atoms with Crippen molar-refractivity contribution in [3.05, 3.63) is 66.3 Å². The topological polar surface area (TPSA) is 20.3 Å². The van der Waals surface area contributed by atoms with Crippen molar-refractivity contribution in [2.24, 2.45) is 0 Å². The van der Waals surface area contributed by atoms with E-state index < -0.39 is 0 Å². The summed E-state index contributed by atoms with van der Waals surface area (Å²) in [6.07, 6.45) is 11.9. The standard InChI is InChI=1S/C17H19NO/c1-2-17(19)18(16-12-8-5-9-13-16)14-15-10-6-3-4-7-11-15/h3,5-13H,2,4,14H2,1H3. The third-order valence-corrected chi connectivity index (χ3v) is 3.06. The van der Waals surface area contributed by atoms with E-state index in [0.717, 1.165) is 17.7 Å². The van der Waals surface area contributed by atoms with Gasteiger partial charge >= 0.3 is 0 Å². The van der Waals surface area contributed by atoms with Crippen LogP contribution < -0.4 is 4.90 Å². The second kappa shape index (κ2) is 6.74. The van der Waals surface area contributed by atoms with E-state index in [2.05, 4.69) is 30.4 Å². The lowest BCUT2D eigenvalue weighted by Crippen LogP contribution is -2.31. The van der Waals surface area contributed by atoms with E-state index >= 15 is 0 Å². The Morgan fingerprint density at radius 1 is 1.21 bits per heavy atom. The monoisotopic (exact) mass is 253 g/mol. The first kappa shape index (κ1) is 13.3. The van der Waals surface area contributed by atoms with Crippen LogP contribution >= 0.6 is 0 Å². The number of allylic oxidation sites excluding steroid dienone is 4. The summed E-state index contributed by atoms with van der Waals surface area (Å²) in [5.41, 5.74) is 2.11. The van der Waals surface area contributed by atoms with Gasteiger partial charge in [0.1, 0.15) is 0 Å². The molecule has 1 aliphatic rings. The van der Waals surface area contributed by atoms with Gasteiger partial charge in [-0.15, -0.1) is 0 Å². The van der Waals surface area contributed by atoms with Crippen LogP contribution in [0.5, 0.6) is 0 Å². The summed E-state index contributed by atoms with van der Waals surface area (Å²) in [5, 5.41) is 0. The molecule has 0 aliphatic heterocycles. The average molecular weight is 253 g/mol. The van der Waals surface area contributed by atoms with Gasteiger partial charge in [0.2, 0.25) is 5.91 Å². The smallest absolute Gasteiger partial charge is 0.227 e. The number of para-hydroxylation sites is 1. The van der Waals surface area contributed by atoms with Crippen LogP contribution in [0.2, 0.25) is 0 Å². The number of amides is 1. The molecule has 0 saturated carbocycles. The summed E-state index contributed by atoms with van der Waals surface area (Å²) in [4.78, 5) is 14.0. The van der Waals surface area contributed by atoms with Crippen molar-refractivity contribution in [3.63, 3.8) is 0 Å². The lowest BCUT2D eigenvalue weighted by atomic mass is 10.2. The van der Waals surface area contributed by atoms with E-state index in [1.165, 1.54) is 0 Å². The second-order valence-corrected chi connectivity index (χ2v) is 4.48. The molecule has 0 radical (unpaired) electrons. The fourth-order valence-electron chi connectivity index (χ4n) is 2.03. The molecular formula is C17H19NO. The highest BCUT2D eigenvalue weighted by Crippen LogP contribution is 2.17. The molecular weight excluding hydrogens is 234 g/mol.